The minimum atomic E-state index is -0.286. The Morgan fingerprint density at radius 2 is 2.07 bits per heavy atom. The van der Waals surface area contributed by atoms with Crippen molar-refractivity contribution < 1.29 is 9.53 Å². The SMILES string of the molecule is CI.COC(=O)c1cccc(SC)c1. The van der Waals surface area contributed by atoms with E-state index in [1.807, 2.05) is 29.4 Å². The molecule has 0 heterocycles. The minimum Gasteiger partial charge on any atom is -0.465 e. The van der Waals surface area contributed by atoms with Gasteiger partial charge in [0.15, 0.2) is 0 Å². The molecule has 0 aromatic heterocycles. The fourth-order valence-electron chi connectivity index (χ4n) is 0.868. The molecule has 1 aromatic rings. The topological polar surface area (TPSA) is 26.3 Å². The third-order valence-electron chi connectivity index (χ3n) is 1.49. The summed E-state index contributed by atoms with van der Waals surface area (Å²) in [5.41, 5.74) is 0.601. The zero-order chi connectivity index (χ0) is 11.0. The van der Waals surface area contributed by atoms with Gasteiger partial charge in [-0.05, 0) is 29.4 Å². The van der Waals surface area contributed by atoms with Gasteiger partial charge < -0.3 is 4.74 Å². The maximum absolute atomic E-state index is 11.1. The molecule has 2 nitrogen and oxygen atoms in total. The van der Waals surface area contributed by atoms with Crippen LogP contribution in [0.1, 0.15) is 10.4 Å². The molecule has 14 heavy (non-hydrogen) atoms. The van der Waals surface area contributed by atoms with Crippen molar-refractivity contribution in [3.8, 4) is 0 Å². The second-order valence-electron chi connectivity index (χ2n) is 2.22. The van der Waals surface area contributed by atoms with Gasteiger partial charge in [-0.25, -0.2) is 4.79 Å². The Morgan fingerprint density at radius 3 is 2.57 bits per heavy atom. The molecule has 0 saturated carbocycles. The lowest BCUT2D eigenvalue weighted by Gasteiger charge is -2.00. The van der Waals surface area contributed by atoms with Gasteiger partial charge in [-0.15, -0.1) is 11.8 Å². The summed E-state index contributed by atoms with van der Waals surface area (Å²) in [4.78, 5) is 14.1. The highest BCUT2D eigenvalue weighted by Crippen LogP contribution is 2.15. The van der Waals surface area contributed by atoms with E-state index in [9.17, 15) is 4.79 Å². The van der Waals surface area contributed by atoms with E-state index in [0.29, 0.717) is 5.56 Å². The Labute approximate surface area is 103 Å². The number of hydrogen-bond acceptors (Lipinski definition) is 3. The third kappa shape index (κ3) is 4.32. The van der Waals surface area contributed by atoms with Crippen LogP contribution in [0, 0.1) is 0 Å². The van der Waals surface area contributed by atoms with Crippen molar-refractivity contribution in [1.29, 1.82) is 0 Å². The molecule has 4 heteroatoms. The second kappa shape index (κ2) is 8.11. The lowest BCUT2D eigenvalue weighted by molar-refractivity contribution is 0.0600. The van der Waals surface area contributed by atoms with E-state index in [4.69, 9.17) is 0 Å². The molecule has 0 N–H and O–H groups in total. The van der Waals surface area contributed by atoms with E-state index in [1.54, 1.807) is 17.8 Å². The summed E-state index contributed by atoms with van der Waals surface area (Å²) in [5, 5.41) is 0. The Bertz CT molecular complexity index is 289. The number of ether oxygens (including phenoxy) is 1. The second-order valence-corrected chi connectivity index (χ2v) is 3.10. The molecule has 0 aliphatic heterocycles. The summed E-state index contributed by atoms with van der Waals surface area (Å²) in [6.45, 7) is 0. The standard InChI is InChI=1S/C9H10O2S.CH3I/c1-11-9(10)7-4-3-5-8(6-7)12-2;1-2/h3-6H,1-2H3;1H3. The first-order valence-corrected chi connectivity index (χ1v) is 7.26. The molecule has 1 rings (SSSR count). The fraction of sp³-hybridized carbons (Fsp3) is 0.300. The quantitative estimate of drug-likeness (QED) is 0.362. The van der Waals surface area contributed by atoms with Crippen molar-refractivity contribution in [3.63, 3.8) is 0 Å². The van der Waals surface area contributed by atoms with Gasteiger partial charge in [0.2, 0.25) is 0 Å². The minimum absolute atomic E-state index is 0.286. The monoisotopic (exact) mass is 324 g/mol. The molecule has 0 atom stereocenters. The molecule has 0 spiro atoms. The van der Waals surface area contributed by atoms with Crippen LogP contribution in [0.25, 0.3) is 0 Å². The van der Waals surface area contributed by atoms with Crippen LogP contribution in [-0.2, 0) is 4.74 Å². The van der Waals surface area contributed by atoms with Crippen molar-refractivity contribution in [1.82, 2.24) is 0 Å². The summed E-state index contributed by atoms with van der Waals surface area (Å²) >= 11 is 3.75. The molecule has 0 fully saturated rings. The summed E-state index contributed by atoms with van der Waals surface area (Å²) in [6.07, 6.45) is 1.97. The van der Waals surface area contributed by atoms with Gasteiger partial charge in [-0.3, -0.25) is 0 Å². The summed E-state index contributed by atoms with van der Waals surface area (Å²) in [6, 6.07) is 7.36. The van der Waals surface area contributed by atoms with Crippen molar-refractivity contribution in [3.05, 3.63) is 29.8 Å². The molecule has 0 unspecified atom stereocenters. The van der Waals surface area contributed by atoms with Gasteiger partial charge in [0, 0.05) is 4.90 Å². The maximum atomic E-state index is 11.1. The molecule has 0 radical (unpaired) electrons. The number of carbonyl (C=O) groups is 1. The predicted molar refractivity (Wildman–Crippen MR) is 69.5 cm³/mol. The average Bonchev–Trinajstić information content (AvgIpc) is 2.30. The van der Waals surface area contributed by atoms with E-state index in [2.05, 4.69) is 27.3 Å². The molecular formula is C10H13IO2S. The number of alkyl halides is 1. The molecule has 0 saturated heterocycles. The van der Waals surface area contributed by atoms with Crippen LogP contribution >= 0.6 is 34.4 Å². The largest absolute Gasteiger partial charge is 0.465 e. The number of benzene rings is 1. The fourth-order valence-corrected chi connectivity index (χ4v) is 1.33. The third-order valence-corrected chi connectivity index (χ3v) is 2.22. The van der Waals surface area contributed by atoms with Crippen molar-refractivity contribution in [2.45, 2.75) is 4.90 Å². The van der Waals surface area contributed by atoms with Crippen LogP contribution in [0.15, 0.2) is 29.2 Å². The van der Waals surface area contributed by atoms with E-state index in [0.717, 1.165) is 4.90 Å². The number of carbonyl (C=O) groups excluding carboxylic acids is 1. The van der Waals surface area contributed by atoms with Crippen LogP contribution in [0.3, 0.4) is 0 Å². The first-order valence-electron chi connectivity index (χ1n) is 3.88. The average molecular weight is 324 g/mol. The predicted octanol–water partition coefficient (Wildman–Crippen LogP) is 3.25. The highest BCUT2D eigenvalue weighted by Gasteiger charge is 2.04. The smallest absolute Gasteiger partial charge is 0.337 e. The molecule has 0 amide bonds. The lowest BCUT2D eigenvalue weighted by Crippen LogP contribution is -2.00. The Kier molecular flexibility index (Phi) is 7.98. The number of hydrogen-bond donors (Lipinski definition) is 0. The van der Waals surface area contributed by atoms with Crippen LogP contribution in [0.2, 0.25) is 0 Å². The Morgan fingerprint density at radius 1 is 1.43 bits per heavy atom. The highest BCUT2D eigenvalue weighted by atomic mass is 127. The maximum Gasteiger partial charge on any atom is 0.337 e. The number of thioether (sulfide) groups is 1. The van der Waals surface area contributed by atoms with Crippen LogP contribution in [0.5, 0.6) is 0 Å². The van der Waals surface area contributed by atoms with E-state index >= 15 is 0 Å². The zero-order valence-corrected chi connectivity index (χ0v) is 11.4. The molecular weight excluding hydrogens is 311 g/mol. The first-order chi connectivity index (χ1) is 6.77. The normalized spacial score (nSPS) is 8.57. The number of rotatable bonds is 2. The van der Waals surface area contributed by atoms with Gasteiger partial charge in [0.25, 0.3) is 0 Å². The molecule has 0 bridgehead atoms. The van der Waals surface area contributed by atoms with E-state index in [1.165, 1.54) is 7.11 Å². The highest BCUT2D eigenvalue weighted by molar-refractivity contribution is 14.1. The molecule has 0 aliphatic carbocycles. The summed E-state index contributed by atoms with van der Waals surface area (Å²) in [7, 11) is 1.38. The van der Waals surface area contributed by atoms with Crippen LogP contribution in [0.4, 0.5) is 0 Å². The van der Waals surface area contributed by atoms with Gasteiger partial charge in [0.05, 0.1) is 12.7 Å². The van der Waals surface area contributed by atoms with E-state index in [-0.39, 0.29) is 5.97 Å². The van der Waals surface area contributed by atoms with Crippen molar-refractivity contribution >= 4 is 40.3 Å². The van der Waals surface area contributed by atoms with Crippen LogP contribution < -0.4 is 0 Å². The Hall–Kier alpha value is -0.230. The number of esters is 1. The van der Waals surface area contributed by atoms with Crippen molar-refractivity contribution in [2.75, 3.05) is 18.3 Å². The van der Waals surface area contributed by atoms with Gasteiger partial charge in [0.1, 0.15) is 0 Å². The zero-order valence-electron chi connectivity index (χ0n) is 8.41. The summed E-state index contributed by atoms with van der Waals surface area (Å²) < 4.78 is 4.59. The van der Waals surface area contributed by atoms with Crippen molar-refractivity contribution in [2.24, 2.45) is 0 Å². The van der Waals surface area contributed by atoms with Gasteiger partial charge >= 0.3 is 5.97 Å². The first kappa shape index (κ1) is 13.8. The molecule has 1 aromatic carbocycles. The molecule has 0 aliphatic rings. The van der Waals surface area contributed by atoms with Gasteiger partial charge in [-0.1, -0.05) is 28.7 Å². The Balaban J connectivity index is 0.000000791. The number of methoxy groups -OCH3 is 1. The van der Waals surface area contributed by atoms with Gasteiger partial charge in [-0.2, -0.15) is 0 Å². The lowest BCUT2D eigenvalue weighted by atomic mass is 10.2. The van der Waals surface area contributed by atoms with E-state index < -0.39 is 0 Å². The number of halogens is 1. The molecule has 78 valence electrons. The van der Waals surface area contributed by atoms with Crippen LogP contribution in [-0.4, -0.2) is 24.3 Å². The summed E-state index contributed by atoms with van der Waals surface area (Å²) in [5.74, 6) is -0.286.